The highest BCUT2D eigenvalue weighted by Gasteiger charge is 2.08. The van der Waals surface area contributed by atoms with Gasteiger partial charge in [-0.15, -0.1) is 0 Å². The zero-order chi connectivity index (χ0) is 18.8. The molecule has 0 aromatic carbocycles. The molecule has 0 aliphatic carbocycles. The number of amides is 2. The summed E-state index contributed by atoms with van der Waals surface area (Å²) in [5.74, 6) is -0.0332. The van der Waals surface area contributed by atoms with Gasteiger partial charge in [-0.05, 0) is 13.3 Å². The largest absolute Gasteiger partial charge is 0.377 e. The van der Waals surface area contributed by atoms with E-state index in [2.05, 4.69) is 10.6 Å². The van der Waals surface area contributed by atoms with Crippen molar-refractivity contribution in [3.05, 3.63) is 0 Å². The molecule has 0 fully saturated rings. The van der Waals surface area contributed by atoms with E-state index in [1.807, 2.05) is 20.8 Å². The van der Waals surface area contributed by atoms with Crippen LogP contribution in [0.2, 0.25) is 0 Å². The topological polar surface area (TPSA) is 95.1 Å². The van der Waals surface area contributed by atoms with Crippen LogP contribution >= 0.6 is 0 Å². The summed E-state index contributed by atoms with van der Waals surface area (Å²) in [6.07, 6.45) is 0.836. The van der Waals surface area contributed by atoms with Gasteiger partial charge in [-0.3, -0.25) is 9.59 Å². The molecule has 0 spiro atoms. The summed E-state index contributed by atoms with van der Waals surface area (Å²) in [6, 6.07) is 0. The number of hydrogen-bond acceptors (Lipinski definition) is 6. The molecular weight excluding hydrogens is 328 g/mol. The molecule has 1 unspecified atom stereocenters. The third-order valence-electron chi connectivity index (χ3n) is 3.36. The number of ether oxygens (including phenoxy) is 4. The van der Waals surface area contributed by atoms with E-state index in [4.69, 9.17) is 18.9 Å². The molecule has 0 aliphatic rings. The van der Waals surface area contributed by atoms with E-state index in [0.29, 0.717) is 59.3 Å². The van der Waals surface area contributed by atoms with Crippen LogP contribution in [0.3, 0.4) is 0 Å². The van der Waals surface area contributed by atoms with Crippen molar-refractivity contribution in [2.45, 2.75) is 27.2 Å². The molecule has 148 valence electrons. The van der Waals surface area contributed by atoms with Gasteiger partial charge in [0.2, 0.25) is 11.8 Å². The first-order valence-electron chi connectivity index (χ1n) is 8.97. The molecule has 0 aromatic rings. The van der Waals surface area contributed by atoms with Crippen LogP contribution in [0, 0.1) is 5.92 Å². The van der Waals surface area contributed by atoms with Crippen LogP contribution in [0.25, 0.3) is 0 Å². The summed E-state index contributed by atoms with van der Waals surface area (Å²) in [5, 5.41) is 5.51. The van der Waals surface area contributed by atoms with E-state index < -0.39 is 0 Å². The summed E-state index contributed by atoms with van der Waals surface area (Å²) in [5.41, 5.74) is 0. The Hall–Kier alpha value is -1.22. The minimum Gasteiger partial charge on any atom is -0.377 e. The molecule has 0 heterocycles. The van der Waals surface area contributed by atoms with Crippen LogP contribution in [0.4, 0.5) is 0 Å². The zero-order valence-corrected chi connectivity index (χ0v) is 15.8. The van der Waals surface area contributed by atoms with Gasteiger partial charge in [0.05, 0.1) is 39.6 Å². The highest BCUT2D eigenvalue weighted by molar-refractivity contribution is 5.78. The predicted molar refractivity (Wildman–Crippen MR) is 94.4 cm³/mol. The number of carbonyl (C=O) groups excluding carboxylic acids is 2. The molecular formula is C17H34N2O6. The highest BCUT2D eigenvalue weighted by Crippen LogP contribution is 1.98. The number of hydrogen-bond donors (Lipinski definition) is 2. The Labute approximate surface area is 150 Å². The minimum absolute atomic E-state index is 0.0429. The number of nitrogens with one attached hydrogen (secondary N) is 2. The van der Waals surface area contributed by atoms with Gasteiger partial charge in [0, 0.05) is 25.6 Å². The quantitative estimate of drug-likeness (QED) is 0.363. The summed E-state index contributed by atoms with van der Waals surface area (Å²) in [7, 11) is 0. The Morgan fingerprint density at radius 3 is 1.84 bits per heavy atom. The Morgan fingerprint density at radius 1 is 0.800 bits per heavy atom. The van der Waals surface area contributed by atoms with E-state index in [1.165, 1.54) is 0 Å². The number of rotatable bonds is 17. The monoisotopic (exact) mass is 362 g/mol. The second kappa shape index (κ2) is 17.6. The van der Waals surface area contributed by atoms with Gasteiger partial charge in [0.25, 0.3) is 0 Å². The Balaban J connectivity index is 3.19. The Kier molecular flexibility index (Phi) is 16.7. The number of carbonyl (C=O) groups is 2. The molecule has 0 saturated heterocycles. The standard InChI is InChI=1S/C17H34N2O6/c1-4-15(3)17(21)19-7-9-24-11-13-25-12-10-23-8-6-18-16(20)14-22-5-2/h15H,4-14H2,1-3H3,(H,18,20)(H,19,21). The third kappa shape index (κ3) is 16.0. The molecule has 8 heteroatoms. The molecule has 0 saturated carbocycles. The van der Waals surface area contributed by atoms with Crippen molar-refractivity contribution in [1.29, 1.82) is 0 Å². The summed E-state index contributed by atoms with van der Waals surface area (Å²) in [4.78, 5) is 22.7. The maximum Gasteiger partial charge on any atom is 0.246 e. The van der Waals surface area contributed by atoms with E-state index in [1.54, 1.807) is 0 Å². The first kappa shape index (κ1) is 23.8. The van der Waals surface area contributed by atoms with Gasteiger partial charge in [0.15, 0.2) is 0 Å². The molecule has 0 rings (SSSR count). The molecule has 2 N–H and O–H groups in total. The Morgan fingerprint density at radius 2 is 1.32 bits per heavy atom. The minimum atomic E-state index is -0.140. The van der Waals surface area contributed by atoms with E-state index in [-0.39, 0.29) is 24.3 Å². The van der Waals surface area contributed by atoms with Gasteiger partial charge in [-0.25, -0.2) is 0 Å². The van der Waals surface area contributed by atoms with Crippen LogP contribution in [0.5, 0.6) is 0 Å². The molecule has 2 amide bonds. The van der Waals surface area contributed by atoms with Crippen molar-refractivity contribution in [1.82, 2.24) is 10.6 Å². The lowest BCUT2D eigenvalue weighted by molar-refractivity contribution is -0.126. The van der Waals surface area contributed by atoms with Crippen LogP contribution in [-0.4, -0.2) is 77.8 Å². The molecule has 8 nitrogen and oxygen atoms in total. The van der Waals surface area contributed by atoms with Crippen molar-refractivity contribution in [3.8, 4) is 0 Å². The average Bonchev–Trinajstić information content (AvgIpc) is 2.62. The van der Waals surface area contributed by atoms with Gasteiger partial charge >= 0.3 is 0 Å². The van der Waals surface area contributed by atoms with E-state index in [9.17, 15) is 9.59 Å². The van der Waals surface area contributed by atoms with Gasteiger partial charge in [-0.2, -0.15) is 0 Å². The van der Waals surface area contributed by atoms with Crippen molar-refractivity contribution >= 4 is 11.8 Å². The maximum absolute atomic E-state index is 11.5. The van der Waals surface area contributed by atoms with E-state index in [0.717, 1.165) is 6.42 Å². The van der Waals surface area contributed by atoms with Crippen molar-refractivity contribution in [3.63, 3.8) is 0 Å². The normalized spacial score (nSPS) is 12.0. The summed E-state index contributed by atoms with van der Waals surface area (Å²) >= 11 is 0. The zero-order valence-electron chi connectivity index (χ0n) is 15.8. The fourth-order valence-corrected chi connectivity index (χ4v) is 1.66. The first-order chi connectivity index (χ1) is 12.1. The first-order valence-corrected chi connectivity index (χ1v) is 8.97. The lowest BCUT2D eigenvalue weighted by Crippen LogP contribution is -2.32. The fourth-order valence-electron chi connectivity index (χ4n) is 1.66. The Bertz CT molecular complexity index is 341. The van der Waals surface area contributed by atoms with Gasteiger partial charge in [-0.1, -0.05) is 13.8 Å². The molecule has 0 aromatic heterocycles. The lowest BCUT2D eigenvalue weighted by Gasteiger charge is -2.10. The highest BCUT2D eigenvalue weighted by atomic mass is 16.5. The van der Waals surface area contributed by atoms with E-state index >= 15 is 0 Å². The van der Waals surface area contributed by atoms with Crippen molar-refractivity contribution < 1.29 is 28.5 Å². The van der Waals surface area contributed by atoms with Crippen molar-refractivity contribution in [2.24, 2.45) is 5.92 Å². The molecule has 0 radical (unpaired) electrons. The van der Waals surface area contributed by atoms with Crippen LogP contribution in [-0.2, 0) is 28.5 Å². The van der Waals surface area contributed by atoms with Gasteiger partial charge < -0.3 is 29.6 Å². The molecule has 0 bridgehead atoms. The smallest absolute Gasteiger partial charge is 0.246 e. The maximum atomic E-state index is 11.5. The van der Waals surface area contributed by atoms with Crippen molar-refractivity contribution in [2.75, 3.05) is 65.9 Å². The molecule has 1 atom stereocenters. The molecule has 25 heavy (non-hydrogen) atoms. The second-order valence-electron chi connectivity index (χ2n) is 5.42. The fraction of sp³-hybridized carbons (Fsp3) is 0.882. The molecule has 0 aliphatic heterocycles. The lowest BCUT2D eigenvalue weighted by atomic mass is 10.1. The SMILES string of the molecule is CCOCC(=O)NCCOCCOCCOCCNC(=O)C(C)CC. The summed E-state index contributed by atoms with van der Waals surface area (Å²) in [6.45, 7) is 10.1. The van der Waals surface area contributed by atoms with Crippen LogP contribution in [0.1, 0.15) is 27.2 Å². The average molecular weight is 362 g/mol. The third-order valence-corrected chi connectivity index (χ3v) is 3.36. The van der Waals surface area contributed by atoms with Gasteiger partial charge in [0.1, 0.15) is 6.61 Å². The van der Waals surface area contributed by atoms with Crippen LogP contribution < -0.4 is 10.6 Å². The summed E-state index contributed by atoms with van der Waals surface area (Å²) < 4.78 is 21.0. The van der Waals surface area contributed by atoms with Crippen LogP contribution in [0.15, 0.2) is 0 Å². The second-order valence-corrected chi connectivity index (χ2v) is 5.42. The predicted octanol–water partition coefficient (Wildman–Crippen LogP) is 0.351.